The van der Waals surface area contributed by atoms with Gasteiger partial charge in [0.25, 0.3) is 5.91 Å². The second-order valence-electron chi connectivity index (χ2n) is 4.96. The molecule has 102 valence electrons. The Morgan fingerprint density at radius 3 is 2.80 bits per heavy atom. The number of fused-ring (bicyclic) bond motifs is 1. The van der Waals surface area contributed by atoms with Gasteiger partial charge in [0.2, 0.25) is 0 Å². The predicted molar refractivity (Wildman–Crippen MR) is 73.4 cm³/mol. The van der Waals surface area contributed by atoms with Gasteiger partial charge >= 0.3 is 5.97 Å². The molecule has 2 heterocycles. The van der Waals surface area contributed by atoms with Gasteiger partial charge in [0.15, 0.2) is 0 Å². The lowest BCUT2D eigenvalue weighted by atomic mass is 10.1. The molecule has 1 atom stereocenters. The molecule has 0 bridgehead atoms. The number of hydrogen-bond donors (Lipinski definition) is 1. The number of carbonyl (C=O) groups is 2. The van der Waals surface area contributed by atoms with Crippen LogP contribution >= 0.6 is 0 Å². The number of amides is 1. The molecule has 1 aliphatic rings. The van der Waals surface area contributed by atoms with Crippen LogP contribution in [0, 0.1) is 5.92 Å². The number of rotatable bonds is 2. The number of carboxylic acids is 1. The Kier molecular flexibility index (Phi) is 3.10. The molecule has 1 aromatic carbocycles. The van der Waals surface area contributed by atoms with Crippen LogP contribution in [0.1, 0.15) is 16.8 Å². The zero-order chi connectivity index (χ0) is 14.1. The van der Waals surface area contributed by atoms with E-state index >= 15 is 0 Å². The van der Waals surface area contributed by atoms with Gasteiger partial charge in [-0.3, -0.25) is 14.6 Å². The number of carboxylic acid groups (broad SMARTS) is 1. The molecule has 1 N–H and O–H groups in total. The van der Waals surface area contributed by atoms with Gasteiger partial charge in [-0.15, -0.1) is 0 Å². The van der Waals surface area contributed by atoms with Crippen LogP contribution in [0.25, 0.3) is 10.9 Å². The Balaban J connectivity index is 1.92. The molecule has 5 heteroatoms. The zero-order valence-electron chi connectivity index (χ0n) is 10.8. The van der Waals surface area contributed by atoms with Crippen LogP contribution in [0.2, 0.25) is 0 Å². The first kappa shape index (κ1) is 12.6. The fourth-order valence-electron chi connectivity index (χ4n) is 2.59. The van der Waals surface area contributed by atoms with E-state index in [2.05, 4.69) is 4.98 Å². The van der Waals surface area contributed by atoms with Gasteiger partial charge < -0.3 is 10.0 Å². The number of aromatic nitrogens is 1. The lowest BCUT2D eigenvalue weighted by Gasteiger charge is -2.16. The molecule has 1 aliphatic heterocycles. The smallest absolute Gasteiger partial charge is 0.308 e. The first-order chi connectivity index (χ1) is 9.66. The summed E-state index contributed by atoms with van der Waals surface area (Å²) in [7, 11) is 0. The summed E-state index contributed by atoms with van der Waals surface area (Å²) in [6, 6.07) is 9.20. The van der Waals surface area contributed by atoms with Gasteiger partial charge in [-0.25, -0.2) is 0 Å². The molecule has 1 unspecified atom stereocenters. The molecule has 0 radical (unpaired) electrons. The summed E-state index contributed by atoms with van der Waals surface area (Å²) in [5, 5.41) is 9.91. The van der Waals surface area contributed by atoms with E-state index in [0.717, 1.165) is 5.39 Å². The first-order valence-electron chi connectivity index (χ1n) is 6.52. The lowest BCUT2D eigenvalue weighted by Crippen LogP contribution is -2.30. The van der Waals surface area contributed by atoms with Crippen molar-refractivity contribution >= 4 is 22.8 Å². The van der Waals surface area contributed by atoms with E-state index in [1.165, 1.54) is 0 Å². The van der Waals surface area contributed by atoms with Crippen molar-refractivity contribution in [1.29, 1.82) is 0 Å². The fourth-order valence-corrected chi connectivity index (χ4v) is 2.59. The van der Waals surface area contributed by atoms with Crippen LogP contribution in [-0.2, 0) is 4.79 Å². The molecular formula is C15H14N2O3. The average molecular weight is 270 g/mol. The van der Waals surface area contributed by atoms with Crippen molar-refractivity contribution < 1.29 is 14.7 Å². The minimum absolute atomic E-state index is 0.141. The van der Waals surface area contributed by atoms with E-state index in [1.807, 2.05) is 24.3 Å². The monoisotopic (exact) mass is 270 g/mol. The minimum atomic E-state index is -0.837. The zero-order valence-corrected chi connectivity index (χ0v) is 10.8. The molecule has 5 nitrogen and oxygen atoms in total. The minimum Gasteiger partial charge on any atom is -0.481 e. The molecule has 1 fully saturated rings. The van der Waals surface area contributed by atoms with Crippen molar-refractivity contribution in [2.75, 3.05) is 13.1 Å². The normalized spacial score (nSPS) is 18.4. The summed E-state index contributed by atoms with van der Waals surface area (Å²) in [5.41, 5.74) is 1.20. The third-order valence-corrected chi connectivity index (χ3v) is 3.69. The molecule has 2 aromatic rings. The highest BCUT2D eigenvalue weighted by Crippen LogP contribution is 2.22. The van der Waals surface area contributed by atoms with Crippen LogP contribution in [-0.4, -0.2) is 40.0 Å². The molecule has 20 heavy (non-hydrogen) atoms. The van der Waals surface area contributed by atoms with Gasteiger partial charge in [0.05, 0.1) is 17.0 Å². The maximum atomic E-state index is 12.5. The van der Waals surface area contributed by atoms with Crippen LogP contribution in [0.4, 0.5) is 0 Å². The Labute approximate surface area is 115 Å². The van der Waals surface area contributed by atoms with Crippen molar-refractivity contribution in [2.45, 2.75) is 6.42 Å². The van der Waals surface area contributed by atoms with Gasteiger partial charge in [-0.1, -0.05) is 18.2 Å². The number of likely N-dealkylation sites (tertiary alicyclic amines) is 1. The number of aliphatic carboxylic acids is 1. The highest BCUT2D eigenvalue weighted by Gasteiger charge is 2.31. The Morgan fingerprint density at radius 1 is 1.25 bits per heavy atom. The van der Waals surface area contributed by atoms with Crippen molar-refractivity contribution in [3.05, 3.63) is 42.1 Å². The largest absolute Gasteiger partial charge is 0.481 e. The molecule has 1 saturated heterocycles. The van der Waals surface area contributed by atoms with Crippen LogP contribution in [0.15, 0.2) is 36.5 Å². The summed E-state index contributed by atoms with van der Waals surface area (Å²) >= 11 is 0. The number of carbonyl (C=O) groups excluding carboxylic acids is 1. The number of benzene rings is 1. The van der Waals surface area contributed by atoms with Crippen LogP contribution < -0.4 is 0 Å². The first-order valence-corrected chi connectivity index (χ1v) is 6.52. The van der Waals surface area contributed by atoms with E-state index in [-0.39, 0.29) is 12.5 Å². The Bertz CT molecular complexity index is 678. The standard InChI is InChI=1S/C15H14N2O3/c18-14(17-8-6-11(9-17)15(19)20)12-5-1-3-10-4-2-7-16-13(10)12/h1-5,7,11H,6,8-9H2,(H,19,20). The molecule has 0 aliphatic carbocycles. The highest BCUT2D eigenvalue weighted by atomic mass is 16.4. The number of nitrogens with zero attached hydrogens (tertiary/aromatic N) is 2. The van der Waals surface area contributed by atoms with E-state index in [9.17, 15) is 9.59 Å². The van der Waals surface area contributed by atoms with Crippen molar-refractivity contribution in [2.24, 2.45) is 5.92 Å². The molecule has 1 aromatic heterocycles. The van der Waals surface area contributed by atoms with Crippen molar-refractivity contribution in [1.82, 2.24) is 9.88 Å². The Morgan fingerprint density at radius 2 is 2.05 bits per heavy atom. The van der Waals surface area contributed by atoms with Crippen molar-refractivity contribution in [3.63, 3.8) is 0 Å². The third kappa shape index (κ3) is 2.11. The number of pyridine rings is 1. The van der Waals surface area contributed by atoms with Gasteiger partial charge in [-0.2, -0.15) is 0 Å². The maximum Gasteiger partial charge on any atom is 0.308 e. The number of para-hydroxylation sites is 1. The van der Waals surface area contributed by atoms with E-state index in [4.69, 9.17) is 5.11 Å². The summed E-state index contributed by atoms with van der Waals surface area (Å²) in [4.78, 5) is 29.4. The topological polar surface area (TPSA) is 70.5 Å². The molecule has 3 rings (SSSR count). The van der Waals surface area contributed by atoms with E-state index in [0.29, 0.717) is 24.0 Å². The van der Waals surface area contributed by atoms with Gasteiger partial charge in [0.1, 0.15) is 0 Å². The van der Waals surface area contributed by atoms with E-state index in [1.54, 1.807) is 17.2 Å². The molecular weight excluding hydrogens is 256 g/mol. The third-order valence-electron chi connectivity index (χ3n) is 3.69. The highest BCUT2D eigenvalue weighted by molar-refractivity contribution is 6.05. The second-order valence-corrected chi connectivity index (χ2v) is 4.96. The van der Waals surface area contributed by atoms with Crippen molar-refractivity contribution in [3.8, 4) is 0 Å². The number of hydrogen-bond acceptors (Lipinski definition) is 3. The SMILES string of the molecule is O=C(O)C1CCN(C(=O)c2cccc3cccnc23)C1. The quantitative estimate of drug-likeness (QED) is 0.903. The Hall–Kier alpha value is -2.43. The summed E-state index contributed by atoms with van der Waals surface area (Å²) in [5.74, 6) is -1.43. The summed E-state index contributed by atoms with van der Waals surface area (Å²) in [6.45, 7) is 0.760. The summed E-state index contributed by atoms with van der Waals surface area (Å²) in [6.07, 6.45) is 2.17. The van der Waals surface area contributed by atoms with Crippen LogP contribution in [0.5, 0.6) is 0 Å². The maximum absolute atomic E-state index is 12.5. The average Bonchev–Trinajstić information content (AvgIpc) is 2.96. The molecule has 0 saturated carbocycles. The van der Waals surface area contributed by atoms with Gasteiger partial charge in [0, 0.05) is 24.7 Å². The fraction of sp³-hybridized carbons (Fsp3) is 0.267. The molecule has 1 amide bonds. The summed E-state index contributed by atoms with van der Waals surface area (Å²) < 4.78 is 0. The van der Waals surface area contributed by atoms with Crippen LogP contribution in [0.3, 0.4) is 0 Å². The lowest BCUT2D eigenvalue weighted by molar-refractivity contribution is -0.141. The predicted octanol–water partition coefficient (Wildman–Crippen LogP) is 1.78. The van der Waals surface area contributed by atoms with Gasteiger partial charge in [-0.05, 0) is 18.6 Å². The van der Waals surface area contributed by atoms with E-state index < -0.39 is 11.9 Å². The molecule has 0 spiro atoms. The second kappa shape index (κ2) is 4.92.